The number of hydrogen-bond acceptors (Lipinski definition) is 3. The zero-order chi connectivity index (χ0) is 20.0. The molecular formula is C18H16F3N3O3. The highest BCUT2D eigenvalue weighted by atomic mass is 19.2. The van der Waals surface area contributed by atoms with E-state index in [0.29, 0.717) is 12.6 Å². The van der Waals surface area contributed by atoms with Crippen LogP contribution in [0.4, 0.5) is 18.9 Å². The zero-order valence-electron chi connectivity index (χ0n) is 14.2. The van der Waals surface area contributed by atoms with Crippen LogP contribution in [0.25, 0.3) is 0 Å². The molecule has 9 heteroatoms. The van der Waals surface area contributed by atoms with E-state index in [-0.39, 0.29) is 11.5 Å². The van der Waals surface area contributed by atoms with Gasteiger partial charge in [-0.25, -0.2) is 13.2 Å². The second-order valence-corrected chi connectivity index (χ2v) is 5.56. The Labute approximate surface area is 152 Å². The highest BCUT2D eigenvalue weighted by molar-refractivity contribution is 5.99. The number of benzene rings is 2. The molecule has 0 heterocycles. The van der Waals surface area contributed by atoms with E-state index >= 15 is 0 Å². The third-order valence-corrected chi connectivity index (χ3v) is 3.48. The molecule has 0 saturated heterocycles. The summed E-state index contributed by atoms with van der Waals surface area (Å²) in [6, 6.07) is 7.86. The number of hydrogen-bond donors (Lipinski definition) is 3. The van der Waals surface area contributed by atoms with Crippen molar-refractivity contribution in [1.29, 1.82) is 0 Å². The zero-order valence-corrected chi connectivity index (χ0v) is 14.2. The maximum absolute atomic E-state index is 13.5. The summed E-state index contributed by atoms with van der Waals surface area (Å²) in [4.78, 5) is 34.6. The van der Waals surface area contributed by atoms with Gasteiger partial charge in [0.2, 0.25) is 11.8 Å². The first-order chi connectivity index (χ1) is 12.8. The monoisotopic (exact) mass is 379 g/mol. The number of rotatable bonds is 6. The van der Waals surface area contributed by atoms with E-state index in [2.05, 4.69) is 10.6 Å². The van der Waals surface area contributed by atoms with E-state index in [0.717, 1.165) is 11.6 Å². The maximum Gasteiger partial charge on any atom is 0.251 e. The van der Waals surface area contributed by atoms with E-state index in [1.807, 2.05) is 5.32 Å². The highest BCUT2D eigenvalue weighted by Gasteiger charge is 2.15. The standard InChI is InChI=1S/C18H16F3N3O3/c1-10(25)22-8-11-2-4-12(5-3-11)18(27)23-9-15(26)24-14-7-6-13(19)16(20)17(14)21/h2-7H,8-9H2,1H3,(H,22,25)(H,23,27)(H,24,26). The molecule has 0 bridgehead atoms. The van der Waals surface area contributed by atoms with Gasteiger partial charge in [-0.15, -0.1) is 0 Å². The smallest absolute Gasteiger partial charge is 0.251 e. The van der Waals surface area contributed by atoms with Crippen molar-refractivity contribution in [1.82, 2.24) is 10.6 Å². The molecule has 0 atom stereocenters. The average Bonchev–Trinajstić information content (AvgIpc) is 2.65. The number of nitrogens with one attached hydrogen (secondary N) is 3. The van der Waals surface area contributed by atoms with Crippen LogP contribution in [-0.2, 0) is 16.1 Å². The molecule has 0 unspecified atom stereocenters. The number of carbonyl (C=O) groups is 3. The Morgan fingerprint density at radius 1 is 0.889 bits per heavy atom. The molecule has 0 aliphatic carbocycles. The van der Waals surface area contributed by atoms with Crippen molar-refractivity contribution in [2.24, 2.45) is 0 Å². The Morgan fingerprint density at radius 2 is 1.56 bits per heavy atom. The van der Waals surface area contributed by atoms with E-state index in [1.165, 1.54) is 19.1 Å². The second-order valence-electron chi connectivity index (χ2n) is 5.56. The lowest BCUT2D eigenvalue weighted by Gasteiger charge is -2.09. The van der Waals surface area contributed by atoms with Crippen molar-refractivity contribution in [3.63, 3.8) is 0 Å². The van der Waals surface area contributed by atoms with Crippen LogP contribution >= 0.6 is 0 Å². The third-order valence-electron chi connectivity index (χ3n) is 3.48. The van der Waals surface area contributed by atoms with Gasteiger partial charge in [0.25, 0.3) is 5.91 Å². The minimum absolute atomic E-state index is 0.180. The molecule has 0 fully saturated rings. The lowest BCUT2D eigenvalue weighted by atomic mass is 10.1. The predicted molar refractivity (Wildman–Crippen MR) is 91.2 cm³/mol. The van der Waals surface area contributed by atoms with Crippen LogP contribution < -0.4 is 16.0 Å². The fourth-order valence-electron chi connectivity index (χ4n) is 2.08. The molecule has 2 aromatic rings. The molecule has 6 nitrogen and oxygen atoms in total. The largest absolute Gasteiger partial charge is 0.352 e. The molecule has 3 amide bonds. The summed E-state index contributed by atoms with van der Waals surface area (Å²) in [5.74, 6) is -6.14. The van der Waals surface area contributed by atoms with E-state index in [1.54, 1.807) is 12.1 Å². The topological polar surface area (TPSA) is 87.3 Å². The van der Waals surface area contributed by atoms with Crippen LogP contribution in [0.5, 0.6) is 0 Å². The number of amides is 3. The van der Waals surface area contributed by atoms with Crippen LogP contribution in [0.2, 0.25) is 0 Å². The molecule has 0 saturated carbocycles. The van der Waals surface area contributed by atoms with Crippen LogP contribution in [0, 0.1) is 17.5 Å². The lowest BCUT2D eigenvalue weighted by Crippen LogP contribution is -2.33. The number of halogens is 3. The predicted octanol–water partition coefficient (Wildman–Crippen LogP) is 2.11. The van der Waals surface area contributed by atoms with Crippen LogP contribution in [-0.4, -0.2) is 24.3 Å². The molecule has 3 N–H and O–H groups in total. The van der Waals surface area contributed by atoms with Crippen molar-refractivity contribution >= 4 is 23.4 Å². The van der Waals surface area contributed by atoms with Crippen molar-refractivity contribution in [2.75, 3.05) is 11.9 Å². The van der Waals surface area contributed by atoms with Crippen LogP contribution in [0.15, 0.2) is 36.4 Å². The van der Waals surface area contributed by atoms with Gasteiger partial charge in [0, 0.05) is 19.0 Å². The first kappa shape index (κ1) is 20.0. The molecule has 142 valence electrons. The summed E-state index contributed by atoms with van der Waals surface area (Å²) in [6.07, 6.45) is 0. The van der Waals surface area contributed by atoms with Gasteiger partial charge in [-0.1, -0.05) is 12.1 Å². The fourth-order valence-corrected chi connectivity index (χ4v) is 2.08. The number of carbonyl (C=O) groups excluding carboxylic acids is 3. The van der Waals surface area contributed by atoms with Gasteiger partial charge in [0.15, 0.2) is 17.5 Å². The molecular weight excluding hydrogens is 363 g/mol. The summed E-state index contributed by atoms with van der Waals surface area (Å²) >= 11 is 0. The van der Waals surface area contributed by atoms with Gasteiger partial charge in [0.05, 0.1) is 12.2 Å². The Kier molecular flexibility index (Phi) is 6.53. The highest BCUT2D eigenvalue weighted by Crippen LogP contribution is 2.19. The quantitative estimate of drug-likeness (QED) is 0.672. The molecule has 0 aliphatic rings. The molecule has 2 rings (SSSR count). The average molecular weight is 379 g/mol. The Balaban J connectivity index is 1.88. The number of anilines is 1. The minimum Gasteiger partial charge on any atom is -0.352 e. The molecule has 27 heavy (non-hydrogen) atoms. The van der Waals surface area contributed by atoms with Gasteiger partial charge < -0.3 is 16.0 Å². The van der Waals surface area contributed by atoms with E-state index in [4.69, 9.17) is 0 Å². The Morgan fingerprint density at radius 3 is 2.19 bits per heavy atom. The summed E-state index contributed by atoms with van der Waals surface area (Å²) in [7, 11) is 0. The fraction of sp³-hybridized carbons (Fsp3) is 0.167. The van der Waals surface area contributed by atoms with Gasteiger partial charge >= 0.3 is 0 Å². The summed E-state index contributed by atoms with van der Waals surface area (Å²) in [5.41, 5.74) is 0.525. The van der Waals surface area contributed by atoms with Gasteiger partial charge in [-0.3, -0.25) is 14.4 Å². The lowest BCUT2D eigenvalue weighted by molar-refractivity contribution is -0.119. The maximum atomic E-state index is 13.5. The van der Waals surface area contributed by atoms with Crippen LogP contribution in [0.1, 0.15) is 22.8 Å². The van der Waals surface area contributed by atoms with Gasteiger partial charge in [-0.05, 0) is 29.8 Å². The third kappa shape index (κ3) is 5.56. The Bertz CT molecular complexity index is 870. The van der Waals surface area contributed by atoms with Crippen molar-refractivity contribution in [3.8, 4) is 0 Å². The second kappa shape index (κ2) is 8.84. The van der Waals surface area contributed by atoms with Crippen molar-refractivity contribution < 1.29 is 27.6 Å². The molecule has 0 aliphatic heterocycles. The normalized spacial score (nSPS) is 10.2. The van der Waals surface area contributed by atoms with Gasteiger partial charge in [0.1, 0.15) is 0 Å². The minimum atomic E-state index is -1.70. The SMILES string of the molecule is CC(=O)NCc1ccc(C(=O)NCC(=O)Nc2ccc(F)c(F)c2F)cc1. The van der Waals surface area contributed by atoms with Crippen molar-refractivity contribution in [3.05, 3.63) is 65.0 Å². The molecule has 0 aromatic heterocycles. The first-order valence-electron chi connectivity index (χ1n) is 7.83. The van der Waals surface area contributed by atoms with E-state index < -0.39 is 41.5 Å². The summed E-state index contributed by atoms with van der Waals surface area (Å²) in [5, 5.41) is 6.98. The molecule has 0 spiro atoms. The Hall–Kier alpha value is -3.36. The van der Waals surface area contributed by atoms with E-state index in [9.17, 15) is 27.6 Å². The molecule has 0 radical (unpaired) electrons. The van der Waals surface area contributed by atoms with Crippen molar-refractivity contribution in [2.45, 2.75) is 13.5 Å². The summed E-state index contributed by atoms with van der Waals surface area (Å²) < 4.78 is 39.5. The first-order valence-corrected chi connectivity index (χ1v) is 7.83. The molecule has 2 aromatic carbocycles. The van der Waals surface area contributed by atoms with Crippen LogP contribution in [0.3, 0.4) is 0 Å². The summed E-state index contributed by atoms with van der Waals surface area (Å²) in [6.45, 7) is 1.21. The van der Waals surface area contributed by atoms with Gasteiger partial charge in [-0.2, -0.15) is 0 Å².